The Balaban J connectivity index is 1.22. The molecule has 2 N–H and O–H groups in total. The first kappa shape index (κ1) is 37.0. The summed E-state index contributed by atoms with van der Waals surface area (Å²) >= 11 is 0. The number of amides is 1. The van der Waals surface area contributed by atoms with Gasteiger partial charge in [0, 0.05) is 48.4 Å². The molecule has 0 spiro atoms. The standard InChI is InChI=1S/C32H48F8N2O4S/c1-29-11-9-23-22-6-5-21(46-28(44)42-13-12-41-18-25(42)31(35,36)37)17-20(22)16-19(27(23)24(29)7-8-26(29)43)4-2-14-47(45)15-3-10-30(33,34)32(38,39)40/h19-27,41,43H,2-18H2,1H3/t19-,20?,21?,22?,23-,24+,25?,26+,27-,29+,47?/m1/s1. The van der Waals surface area contributed by atoms with Crippen LogP contribution in [0.25, 0.3) is 0 Å². The molecule has 0 aromatic heterocycles. The van der Waals surface area contributed by atoms with Crippen molar-refractivity contribution in [2.24, 2.45) is 40.9 Å². The molecule has 5 fully saturated rings. The molecule has 11 atom stereocenters. The Kier molecular flexibility index (Phi) is 11.2. The number of piperazine rings is 1. The van der Waals surface area contributed by atoms with Gasteiger partial charge in [-0.25, -0.2) is 4.79 Å². The summed E-state index contributed by atoms with van der Waals surface area (Å²) in [6.07, 6.45) is -6.40. The lowest BCUT2D eigenvalue weighted by atomic mass is 9.47. The lowest BCUT2D eigenvalue weighted by Crippen LogP contribution is -2.60. The van der Waals surface area contributed by atoms with E-state index in [9.17, 15) is 49.2 Å². The van der Waals surface area contributed by atoms with Crippen LogP contribution in [0, 0.1) is 40.9 Å². The predicted molar refractivity (Wildman–Crippen MR) is 159 cm³/mol. The van der Waals surface area contributed by atoms with Crippen LogP contribution in [-0.4, -0.2) is 88.0 Å². The molecule has 1 amide bonds. The number of carbonyl (C=O) groups is 1. The van der Waals surface area contributed by atoms with Gasteiger partial charge in [0.2, 0.25) is 0 Å². The fourth-order valence-corrected chi connectivity index (χ4v) is 11.2. The van der Waals surface area contributed by atoms with Crippen LogP contribution < -0.4 is 5.32 Å². The molecule has 5 aliphatic rings. The third kappa shape index (κ3) is 7.91. The molecule has 1 saturated heterocycles. The average molecular weight is 709 g/mol. The smallest absolute Gasteiger partial charge is 0.446 e. The van der Waals surface area contributed by atoms with E-state index in [1.165, 1.54) is 0 Å². The van der Waals surface area contributed by atoms with Crippen LogP contribution in [0.1, 0.15) is 84.0 Å². The SMILES string of the molecule is C[C@]12CC[C@@H]3C4CCC(OC(=O)N5CCNCC5C(F)(F)F)CC4C[C@@H](CCCS(=O)CCCC(F)(F)C(F)(F)F)[C@H]3[C@@H]1CC[C@@H]2O. The van der Waals surface area contributed by atoms with Crippen molar-refractivity contribution in [3.05, 3.63) is 0 Å². The van der Waals surface area contributed by atoms with E-state index in [1.807, 2.05) is 0 Å². The summed E-state index contributed by atoms with van der Waals surface area (Å²) in [6, 6.07) is -1.94. The van der Waals surface area contributed by atoms with Crippen LogP contribution in [0.2, 0.25) is 0 Å². The number of ether oxygens (including phenoxy) is 1. The van der Waals surface area contributed by atoms with Gasteiger partial charge in [0.15, 0.2) is 0 Å². The molecule has 1 aliphatic heterocycles. The van der Waals surface area contributed by atoms with Gasteiger partial charge in [-0.2, -0.15) is 35.1 Å². The predicted octanol–water partition coefficient (Wildman–Crippen LogP) is 7.07. The number of carbonyl (C=O) groups excluding carboxylic acids is 1. The highest BCUT2D eigenvalue weighted by molar-refractivity contribution is 7.84. The number of fused-ring (bicyclic) bond motifs is 5. The third-order valence-electron chi connectivity index (χ3n) is 12.4. The maximum absolute atomic E-state index is 13.6. The van der Waals surface area contributed by atoms with Gasteiger partial charge in [-0.15, -0.1) is 0 Å². The van der Waals surface area contributed by atoms with Crippen molar-refractivity contribution in [2.45, 2.75) is 120 Å². The Morgan fingerprint density at radius 3 is 2.40 bits per heavy atom. The van der Waals surface area contributed by atoms with Crippen molar-refractivity contribution >= 4 is 16.9 Å². The van der Waals surface area contributed by atoms with Crippen LogP contribution in [0.4, 0.5) is 39.9 Å². The fourth-order valence-electron chi connectivity index (χ4n) is 10.0. The first-order chi connectivity index (χ1) is 21.9. The summed E-state index contributed by atoms with van der Waals surface area (Å²) in [5.41, 5.74) is -0.191. The minimum atomic E-state index is -5.63. The Labute approximate surface area is 273 Å². The van der Waals surface area contributed by atoms with Crippen molar-refractivity contribution in [3.63, 3.8) is 0 Å². The quantitative estimate of drug-likeness (QED) is 0.251. The van der Waals surface area contributed by atoms with Crippen LogP contribution in [0.5, 0.6) is 0 Å². The van der Waals surface area contributed by atoms with Crippen molar-refractivity contribution in [1.29, 1.82) is 0 Å². The van der Waals surface area contributed by atoms with Crippen LogP contribution >= 0.6 is 0 Å². The molecule has 272 valence electrons. The minimum absolute atomic E-state index is 0.0915. The molecular weight excluding hydrogens is 660 g/mol. The topological polar surface area (TPSA) is 78.9 Å². The normalized spacial score (nSPS) is 38.7. The van der Waals surface area contributed by atoms with Crippen molar-refractivity contribution in [2.75, 3.05) is 31.1 Å². The molecule has 0 aromatic rings. The summed E-state index contributed by atoms with van der Waals surface area (Å²) in [6.45, 7) is 1.95. The first-order valence-corrected chi connectivity index (χ1v) is 18.6. The number of aliphatic hydroxyl groups excluding tert-OH is 1. The minimum Gasteiger partial charge on any atom is -0.446 e. The zero-order valence-electron chi connectivity index (χ0n) is 26.8. The zero-order chi connectivity index (χ0) is 34.4. The van der Waals surface area contributed by atoms with E-state index in [1.54, 1.807) is 0 Å². The van der Waals surface area contributed by atoms with E-state index in [4.69, 9.17) is 4.74 Å². The monoisotopic (exact) mass is 708 g/mol. The van der Waals surface area contributed by atoms with Gasteiger partial charge in [0.25, 0.3) is 0 Å². The molecule has 6 nitrogen and oxygen atoms in total. The number of aliphatic hydroxyl groups is 1. The highest BCUT2D eigenvalue weighted by Gasteiger charge is 2.60. The summed E-state index contributed by atoms with van der Waals surface area (Å²) in [5.74, 6) is -3.01. The third-order valence-corrected chi connectivity index (χ3v) is 13.9. The van der Waals surface area contributed by atoms with E-state index < -0.39 is 60.2 Å². The number of halogens is 8. The molecule has 15 heteroatoms. The molecule has 47 heavy (non-hydrogen) atoms. The molecule has 0 bridgehead atoms. The van der Waals surface area contributed by atoms with Gasteiger partial charge in [-0.1, -0.05) is 6.92 Å². The van der Waals surface area contributed by atoms with Gasteiger partial charge < -0.3 is 15.2 Å². The fraction of sp³-hybridized carbons (Fsp3) is 0.969. The van der Waals surface area contributed by atoms with Gasteiger partial charge in [0.05, 0.1) is 6.10 Å². The van der Waals surface area contributed by atoms with Crippen LogP contribution in [0.15, 0.2) is 0 Å². The molecule has 4 saturated carbocycles. The van der Waals surface area contributed by atoms with Crippen molar-refractivity contribution in [1.82, 2.24) is 10.2 Å². The number of alkyl halides is 8. The highest BCUT2D eigenvalue weighted by atomic mass is 32.2. The summed E-state index contributed by atoms with van der Waals surface area (Å²) in [7, 11) is -1.53. The van der Waals surface area contributed by atoms with Gasteiger partial charge in [-0.05, 0) is 112 Å². The van der Waals surface area contributed by atoms with Crippen molar-refractivity contribution < 1.29 is 54.0 Å². The Morgan fingerprint density at radius 1 is 0.979 bits per heavy atom. The molecule has 4 aliphatic carbocycles. The van der Waals surface area contributed by atoms with E-state index in [2.05, 4.69) is 12.2 Å². The van der Waals surface area contributed by atoms with Gasteiger partial charge in [0.1, 0.15) is 12.1 Å². The van der Waals surface area contributed by atoms with E-state index in [0.717, 1.165) is 43.4 Å². The van der Waals surface area contributed by atoms with Crippen molar-refractivity contribution in [3.8, 4) is 0 Å². The highest BCUT2D eigenvalue weighted by Crippen LogP contribution is 2.64. The molecular formula is C32H48F8N2O4S. The van der Waals surface area contributed by atoms with E-state index in [0.29, 0.717) is 49.4 Å². The second kappa shape index (κ2) is 14.2. The second-order valence-electron chi connectivity index (χ2n) is 15.0. The average Bonchev–Trinajstić information content (AvgIpc) is 3.29. The Bertz CT molecular complexity index is 1130. The lowest BCUT2D eigenvalue weighted by Gasteiger charge is -2.58. The zero-order valence-corrected chi connectivity index (χ0v) is 27.6. The molecule has 1 heterocycles. The molecule has 0 aromatic carbocycles. The maximum atomic E-state index is 13.6. The van der Waals surface area contributed by atoms with Crippen LogP contribution in [0.3, 0.4) is 0 Å². The maximum Gasteiger partial charge on any atom is 0.453 e. The van der Waals surface area contributed by atoms with Crippen LogP contribution in [-0.2, 0) is 15.5 Å². The number of hydrogen-bond donors (Lipinski definition) is 2. The summed E-state index contributed by atoms with van der Waals surface area (Å²) < 4.78 is 123. The first-order valence-electron chi connectivity index (χ1n) is 17.1. The van der Waals surface area contributed by atoms with Gasteiger partial charge >= 0.3 is 24.4 Å². The number of rotatable bonds is 9. The largest absolute Gasteiger partial charge is 0.453 e. The van der Waals surface area contributed by atoms with E-state index in [-0.39, 0.29) is 54.5 Å². The Hall–Kier alpha value is -1.22. The number of nitrogens with one attached hydrogen (secondary N) is 1. The number of nitrogens with zero attached hydrogens (tertiary/aromatic N) is 1. The second-order valence-corrected chi connectivity index (χ2v) is 16.7. The lowest BCUT2D eigenvalue weighted by molar-refractivity contribution is -0.284. The molecule has 0 radical (unpaired) electrons. The Morgan fingerprint density at radius 2 is 1.70 bits per heavy atom. The summed E-state index contributed by atoms with van der Waals surface area (Å²) in [4.78, 5) is 13.8. The molecule has 5 unspecified atom stereocenters. The summed E-state index contributed by atoms with van der Waals surface area (Å²) in [5, 5.41) is 13.6. The number of hydrogen-bond acceptors (Lipinski definition) is 5. The van der Waals surface area contributed by atoms with Gasteiger partial charge in [-0.3, -0.25) is 9.11 Å². The molecule has 5 rings (SSSR count). The van der Waals surface area contributed by atoms with E-state index >= 15 is 0 Å².